The van der Waals surface area contributed by atoms with E-state index in [4.69, 9.17) is 0 Å². The van der Waals surface area contributed by atoms with Gasteiger partial charge in [0.05, 0.1) is 11.9 Å². The van der Waals surface area contributed by atoms with E-state index in [0.717, 1.165) is 20.6 Å². The van der Waals surface area contributed by atoms with Crippen LogP contribution in [-0.4, -0.2) is 33.0 Å². The lowest BCUT2D eigenvalue weighted by molar-refractivity contribution is -0.114. The number of carbonyl (C=O) groups is 2. The summed E-state index contributed by atoms with van der Waals surface area (Å²) in [6.45, 7) is 5.93. The molecule has 2 amide bonds. The molecule has 3 aromatic carbocycles. The molecule has 0 aliphatic carbocycles. The minimum absolute atomic E-state index is 0.00834. The van der Waals surface area contributed by atoms with Crippen LogP contribution < -0.4 is 14.9 Å². The van der Waals surface area contributed by atoms with Gasteiger partial charge in [-0.2, -0.15) is 0 Å². The molecule has 0 atom stereocenters. The van der Waals surface area contributed by atoms with Gasteiger partial charge in [0.1, 0.15) is 6.54 Å². The van der Waals surface area contributed by atoms with Crippen LogP contribution in [0.15, 0.2) is 77.3 Å². The number of hydrogen-bond acceptors (Lipinski definition) is 4. The van der Waals surface area contributed by atoms with Crippen LogP contribution in [0, 0.1) is 0 Å². The number of carbonyl (C=O) groups excluding carboxylic acids is 2. The Morgan fingerprint density at radius 3 is 2.00 bits per heavy atom. The molecule has 3 aromatic rings. The fourth-order valence-electron chi connectivity index (χ4n) is 3.34. The van der Waals surface area contributed by atoms with Crippen LogP contribution in [0.4, 0.5) is 17.1 Å². The van der Waals surface area contributed by atoms with Crippen molar-refractivity contribution in [2.24, 2.45) is 0 Å². The number of anilines is 3. The number of nitrogens with one attached hydrogen (secondary N) is 2. The first-order chi connectivity index (χ1) is 16.3. The molecule has 3 rings (SSSR count). The summed E-state index contributed by atoms with van der Waals surface area (Å²) in [5.41, 5.74) is 2.95. The van der Waals surface area contributed by atoms with Crippen LogP contribution in [-0.2, 0) is 20.2 Å². The van der Waals surface area contributed by atoms with Crippen LogP contribution in [0.25, 0.3) is 0 Å². The maximum atomic E-state index is 12.7. The second-order valence-electron chi connectivity index (χ2n) is 9.16. The minimum Gasteiger partial charge on any atom is -0.324 e. The Hall–Kier alpha value is -3.17. The zero-order valence-corrected chi connectivity index (χ0v) is 22.4. The third-order valence-corrected chi connectivity index (χ3v) is 6.89. The number of amides is 2. The van der Waals surface area contributed by atoms with Crippen molar-refractivity contribution in [3.05, 3.63) is 88.4 Å². The number of sulfonamides is 1. The second-order valence-corrected chi connectivity index (χ2v) is 12.0. The van der Waals surface area contributed by atoms with Gasteiger partial charge in [-0.15, -0.1) is 0 Å². The first-order valence-corrected chi connectivity index (χ1v) is 13.5. The number of nitrogens with zero attached hydrogens (tertiary/aromatic N) is 1. The highest BCUT2D eigenvalue weighted by Crippen LogP contribution is 2.23. The lowest BCUT2D eigenvalue weighted by atomic mass is 9.87. The van der Waals surface area contributed by atoms with E-state index in [0.29, 0.717) is 22.6 Å². The summed E-state index contributed by atoms with van der Waals surface area (Å²) in [6, 6.07) is 20.7. The summed E-state index contributed by atoms with van der Waals surface area (Å²) in [5.74, 6) is -0.785. The topological polar surface area (TPSA) is 95.6 Å². The van der Waals surface area contributed by atoms with E-state index in [1.54, 1.807) is 60.7 Å². The van der Waals surface area contributed by atoms with Crippen molar-refractivity contribution in [1.82, 2.24) is 0 Å². The number of hydrogen-bond donors (Lipinski definition) is 2. The van der Waals surface area contributed by atoms with Crippen LogP contribution >= 0.6 is 15.9 Å². The molecule has 0 aliphatic heterocycles. The Labute approximate surface area is 214 Å². The van der Waals surface area contributed by atoms with E-state index < -0.39 is 22.5 Å². The lowest BCUT2D eigenvalue weighted by Gasteiger charge is -2.22. The summed E-state index contributed by atoms with van der Waals surface area (Å²) in [6.07, 6.45) is 1.05. The molecule has 0 unspecified atom stereocenters. The van der Waals surface area contributed by atoms with E-state index in [1.807, 2.05) is 12.1 Å². The third-order valence-electron chi connectivity index (χ3n) is 5.22. The quantitative estimate of drug-likeness (QED) is 0.406. The SMILES string of the molecule is CC(C)(C)c1ccc(C(=O)Nc2cccc(NC(=O)CN(c3ccc(Br)cc3)S(C)(=O)=O)c2)cc1. The molecule has 0 saturated carbocycles. The van der Waals surface area contributed by atoms with E-state index in [2.05, 4.69) is 47.3 Å². The van der Waals surface area contributed by atoms with Crippen LogP contribution in [0.1, 0.15) is 36.7 Å². The highest BCUT2D eigenvalue weighted by Gasteiger charge is 2.21. The van der Waals surface area contributed by atoms with Crippen molar-refractivity contribution >= 4 is 54.8 Å². The van der Waals surface area contributed by atoms with Gasteiger partial charge in [-0.25, -0.2) is 8.42 Å². The normalized spacial score (nSPS) is 11.6. The summed E-state index contributed by atoms with van der Waals surface area (Å²) in [5, 5.41) is 5.52. The number of rotatable bonds is 7. The first kappa shape index (κ1) is 26.4. The van der Waals surface area contributed by atoms with Gasteiger partial charge in [0, 0.05) is 21.4 Å². The molecule has 184 valence electrons. The van der Waals surface area contributed by atoms with Gasteiger partial charge in [-0.05, 0) is 65.6 Å². The Kier molecular flexibility index (Phi) is 8.02. The minimum atomic E-state index is -3.69. The van der Waals surface area contributed by atoms with Crippen molar-refractivity contribution < 1.29 is 18.0 Å². The summed E-state index contributed by atoms with van der Waals surface area (Å²) < 4.78 is 26.4. The fourth-order valence-corrected chi connectivity index (χ4v) is 4.46. The highest BCUT2D eigenvalue weighted by molar-refractivity contribution is 9.10. The predicted octanol–water partition coefficient (Wildman–Crippen LogP) is 5.40. The Balaban J connectivity index is 1.68. The van der Waals surface area contributed by atoms with Gasteiger partial charge in [0.25, 0.3) is 5.91 Å². The molecule has 9 heteroatoms. The molecule has 0 heterocycles. The maximum Gasteiger partial charge on any atom is 0.255 e. The van der Waals surface area contributed by atoms with Gasteiger partial charge in [0.2, 0.25) is 15.9 Å². The molecular formula is C26H28BrN3O4S. The zero-order chi connectivity index (χ0) is 25.8. The van der Waals surface area contributed by atoms with E-state index in [1.165, 1.54) is 0 Å². The average molecular weight is 558 g/mol. The van der Waals surface area contributed by atoms with Gasteiger partial charge >= 0.3 is 0 Å². The van der Waals surface area contributed by atoms with Gasteiger partial charge < -0.3 is 10.6 Å². The van der Waals surface area contributed by atoms with Gasteiger partial charge in [-0.3, -0.25) is 13.9 Å². The largest absolute Gasteiger partial charge is 0.324 e. The van der Waals surface area contributed by atoms with Crippen LogP contribution in [0.2, 0.25) is 0 Å². The molecule has 0 saturated heterocycles. The monoisotopic (exact) mass is 557 g/mol. The molecule has 0 radical (unpaired) electrons. The molecule has 0 bridgehead atoms. The lowest BCUT2D eigenvalue weighted by Crippen LogP contribution is -2.37. The predicted molar refractivity (Wildman–Crippen MR) is 144 cm³/mol. The molecule has 0 aromatic heterocycles. The Morgan fingerprint density at radius 2 is 1.46 bits per heavy atom. The van der Waals surface area contributed by atoms with E-state index >= 15 is 0 Å². The highest BCUT2D eigenvalue weighted by atomic mass is 79.9. The zero-order valence-electron chi connectivity index (χ0n) is 20.0. The summed E-state index contributed by atoms with van der Waals surface area (Å²) in [4.78, 5) is 25.3. The standard InChI is InChI=1S/C26H28BrN3O4S/c1-26(2,3)19-10-8-18(9-11-19)25(32)29-22-7-5-6-21(16-22)28-24(31)17-30(35(4,33)34)23-14-12-20(27)13-15-23/h5-16H,17H2,1-4H3,(H,28,31)(H,29,32). The Morgan fingerprint density at radius 1 is 0.886 bits per heavy atom. The van der Waals surface area contributed by atoms with Gasteiger partial charge in [-0.1, -0.05) is 54.9 Å². The average Bonchev–Trinajstić information content (AvgIpc) is 2.77. The van der Waals surface area contributed by atoms with Gasteiger partial charge in [0.15, 0.2) is 0 Å². The molecule has 7 nitrogen and oxygen atoms in total. The number of benzene rings is 3. The number of halogens is 1. The van der Waals surface area contributed by atoms with Crippen molar-refractivity contribution in [2.75, 3.05) is 27.7 Å². The van der Waals surface area contributed by atoms with E-state index in [9.17, 15) is 18.0 Å². The first-order valence-electron chi connectivity index (χ1n) is 10.9. The molecular weight excluding hydrogens is 530 g/mol. The molecule has 35 heavy (non-hydrogen) atoms. The third kappa shape index (κ3) is 7.40. The van der Waals surface area contributed by atoms with Crippen LogP contribution in [0.3, 0.4) is 0 Å². The van der Waals surface area contributed by atoms with Crippen molar-refractivity contribution in [1.29, 1.82) is 0 Å². The summed E-state index contributed by atoms with van der Waals surface area (Å²) >= 11 is 3.31. The van der Waals surface area contributed by atoms with Crippen molar-refractivity contribution in [2.45, 2.75) is 26.2 Å². The summed E-state index contributed by atoms with van der Waals surface area (Å²) in [7, 11) is -3.69. The van der Waals surface area contributed by atoms with Crippen molar-refractivity contribution in [3.8, 4) is 0 Å². The molecule has 2 N–H and O–H groups in total. The Bertz CT molecular complexity index is 1320. The molecule has 0 spiro atoms. The molecule has 0 fully saturated rings. The fraction of sp³-hybridized carbons (Fsp3) is 0.231. The maximum absolute atomic E-state index is 12.7. The second kappa shape index (κ2) is 10.6. The van der Waals surface area contributed by atoms with Crippen LogP contribution in [0.5, 0.6) is 0 Å². The molecule has 0 aliphatic rings. The van der Waals surface area contributed by atoms with E-state index in [-0.39, 0.29) is 11.3 Å². The van der Waals surface area contributed by atoms with Crippen molar-refractivity contribution in [3.63, 3.8) is 0 Å². The smallest absolute Gasteiger partial charge is 0.255 e.